The van der Waals surface area contributed by atoms with Crippen LogP contribution in [0.1, 0.15) is 57.4 Å². The summed E-state index contributed by atoms with van der Waals surface area (Å²) >= 11 is 0. The lowest BCUT2D eigenvalue weighted by Gasteiger charge is -2.26. The van der Waals surface area contributed by atoms with E-state index in [1.165, 1.54) is 23.1 Å². The Bertz CT molecular complexity index is 1290. The SMILES string of the molecule is CC(C)(C)c1ccc(N(CCN2C(=O)c3ccccc3C2=O)C(=O)c2ccccc2[N+](=O)[O-])cc1. The third kappa shape index (κ3) is 4.55. The van der Waals surface area contributed by atoms with Crippen molar-refractivity contribution < 1.29 is 19.3 Å². The standard InChI is InChI=1S/C27H25N3O5/c1-27(2,3)18-12-14-19(15-13-18)28(26(33)22-10-6-7-11-23(22)30(34)35)16-17-29-24(31)20-8-4-5-9-21(20)25(29)32/h4-15H,16-17H2,1-3H3. The van der Waals surface area contributed by atoms with Crippen molar-refractivity contribution in [2.75, 3.05) is 18.0 Å². The Morgan fingerprint density at radius 1 is 0.886 bits per heavy atom. The maximum absolute atomic E-state index is 13.6. The molecule has 0 radical (unpaired) electrons. The van der Waals surface area contributed by atoms with E-state index in [1.54, 1.807) is 42.5 Å². The van der Waals surface area contributed by atoms with Crippen molar-refractivity contribution in [3.63, 3.8) is 0 Å². The van der Waals surface area contributed by atoms with E-state index in [4.69, 9.17) is 0 Å². The molecule has 1 aliphatic heterocycles. The Kier molecular flexibility index (Phi) is 6.22. The Morgan fingerprint density at radius 2 is 1.43 bits per heavy atom. The van der Waals surface area contributed by atoms with Gasteiger partial charge in [0, 0.05) is 24.8 Å². The number of carbonyl (C=O) groups is 3. The zero-order valence-corrected chi connectivity index (χ0v) is 19.7. The lowest BCUT2D eigenvalue weighted by atomic mass is 9.87. The van der Waals surface area contributed by atoms with E-state index in [-0.39, 0.29) is 29.8 Å². The fourth-order valence-electron chi connectivity index (χ4n) is 4.09. The second-order valence-electron chi connectivity index (χ2n) is 9.34. The van der Waals surface area contributed by atoms with E-state index in [1.807, 2.05) is 12.1 Å². The topological polar surface area (TPSA) is 101 Å². The fraction of sp³-hybridized carbons (Fsp3) is 0.222. The van der Waals surface area contributed by atoms with Crippen molar-refractivity contribution in [1.29, 1.82) is 0 Å². The molecular formula is C27H25N3O5. The van der Waals surface area contributed by atoms with E-state index in [0.29, 0.717) is 16.8 Å². The smallest absolute Gasteiger partial charge is 0.282 e. The number of hydrogen-bond donors (Lipinski definition) is 0. The van der Waals surface area contributed by atoms with Crippen LogP contribution in [0, 0.1) is 10.1 Å². The molecule has 0 atom stereocenters. The van der Waals surface area contributed by atoms with Gasteiger partial charge in [0.2, 0.25) is 0 Å². The average molecular weight is 472 g/mol. The molecule has 178 valence electrons. The van der Waals surface area contributed by atoms with Crippen LogP contribution in [-0.2, 0) is 5.41 Å². The second kappa shape index (κ2) is 9.13. The van der Waals surface area contributed by atoms with Crippen LogP contribution in [0.5, 0.6) is 0 Å². The van der Waals surface area contributed by atoms with Crippen molar-refractivity contribution in [2.45, 2.75) is 26.2 Å². The highest BCUT2D eigenvalue weighted by molar-refractivity contribution is 6.21. The van der Waals surface area contributed by atoms with Crippen LogP contribution in [0.15, 0.2) is 72.8 Å². The molecule has 8 nitrogen and oxygen atoms in total. The molecule has 0 saturated heterocycles. The normalized spacial score (nSPS) is 13.1. The summed E-state index contributed by atoms with van der Waals surface area (Å²) in [5, 5.41) is 11.6. The van der Waals surface area contributed by atoms with Crippen molar-refractivity contribution in [3.8, 4) is 0 Å². The van der Waals surface area contributed by atoms with Gasteiger partial charge in [0.05, 0.1) is 16.1 Å². The molecule has 0 N–H and O–H groups in total. The molecule has 0 saturated carbocycles. The molecule has 3 aromatic rings. The number of fused-ring (bicyclic) bond motifs is 1. The molecular weight excluding hydrogens is 446 g/mol. The van der Waals surface area contributed by atoms with Gasteiger partial charge in [-0.3, -0.25) is 29.4 Å². The number of anilines is 1. The van der Waals surface area contributed by atoms with Gasteiger partial charge >= 0.3 is 0 Å². The summed E-state index contributed by atoms with van der Waals surface area (Å²) in [4.78, 5) is 52.6. The second-order valence-corrected chi connectivity index (χ2v) is 9.34. The minimum absolute atomic E-state index is 0.0226. The average Bonchev–Trinajstić information content (AvgIpc) is 3.08. The van der Waals surface area contributed by atoms with Gasteiger partial charge in [-0.25, -0.2) is 0 Å². The van der Waals surface area contributed by atoms with Gasteiger partial charge in [-0.1, -0.05) is 57.2 Å². The zero-order chi connectivity index (χ0) is 25.3. The largest absolute Gasteiger partial charge is 0.306 e. The monoisotopic (exact) mass is 471 g/mol. The summed E-state index contributed by atoms with van der Waals surface area (Å²) in [6.07, 6.45) is 0. The predicted molar refractivity (Wildman–Crippen MR) is 132 cm³/mol. The molecule has 0 fully saturated rings. The van der Waals surface area contributed by atoms with Crippen molar-refractivity contribution in [2.24, 2.45) is 0 Å². The van der Waals surface area contributed by atoms with E-state index in [0.717, 1.165) is 10.5 Å². The molecule has 0 unspecified atom stereocenters. The first-order valence-electron chi connectivity index (χ1n) is 11.2. The van der Waals surface area contributed by atoms with Crippen LogP contribution >= 0.6 is 0 Å². The quantitative estimate of drug-likeness (QED) is 0.291. The van der Waals surface area contributed by atoms with Crippen molar-refractivity contribution >= 4 is 29.1 Å². The Morgan fingerprint density at radius 3 is 1.97 bits per heavy atom. The minimum Gasteiger partial charge on any atom is -0.306 e. The number of amides is 3. The summed E-state index contributed by atoms with van der Waals surface area (Å²) in [5.41, 5.74) is 1.73. The van der Waals surface area contributed by atoms with Crippen LogP contribution in [0.4, 0.5) is 11.4 Å². The molecule has 0 aliphatic carbocycles. The van der Waals surface area contributed by atoms with Gasteiger partial charge in [0.15, 0.2) is 0 Å². The Balaban J connectivity index is 1.67. The lowest BCUT2D eigenvalue weighted by molar-refractivity contribution is -0.385. The molecule has 1 aliphatic rings. The number of benzene rings is 3. The third-order valence-electron chi connectivity index (χ3n) is 6.05. The molecule has 4 rings (SSSR count). The maximum Gasteiger partial charge on any atom is 0.282 e. The van der Waals surface area contributed by atoms with Gasteiger partial charge in [-0.05, 0) is 41.3 Å². The number of carbonyl (C=O) groups excluding carboxylic acids is 3. The number of hydrogen-bond acceptors (Lipinski definition) is 5. The van der Waals surface area contributed by atoms with E-state index in [9.17, 15) is 24.5 Å². The van der Waals surface area contributed by atoms with Crippen molar-refractivity contribution in [1.82, 2.24) is 4.90 Å². The molecule has 35 heavy (non-hydrogen) atoms. The van der Waals surface area contributed by atoms with Gasteiger partial charge in [0.1, 0.15) is 5.56 Å². The fourth-order valence-corrected chi connectivity index (χ4v) is 4.09. The molecule has 3 aromatic carbocycles. The molecule has 3 amide bonds. The number of nitrogens with zero attached hydrogens (tertiary/aromatic N) is 3. The van der Waals surface area contributed by atoms with E-state index < -0.39 is 22.6 Å². The molecule has 0 aromatic heterocycles. The zero-order valence-electron chi connectivity index (χ0n) is 19.7. The Hall–Kier alpha value is -4.33. The minimum atomic E-state index is -0.599. The van der Waals surface area contributed by atoms with Crippen LogP contribution < -0.4 is 4.90 Å². The number of rotatable bonds is 6. The van der Waals surface area contributed by atoms with Crippen LogP contribution in [-0.4, -0.2) is 40.6 Å². The van der Waals surface area contributed by atoms with Crippen LogP contribution in [0.25, 0.3) is 0 Å². The van der Waals surface area contributed by atoms with Gasteiger partial charge in [-0.15, -0.1) is 0 Å². The summed E-state index contributed by atoms with van der Waals surface area (Å²) in [6, 6.07) is 19.6. The van der Waals surface area contributed by atoms with Crippen molar-refractivity contribution in [3.05, 3.63) is 105 Å². The highest BCUT2D eigenvalue weighted by Gasteiger charge is 2.36. The van der Waals surface area contributed by atoms with Crippen LogP contribution in [0.3, 0.4) is 0 Å². The number of imide groups is 1. The van der Waals surface area contributed by atoms with Crippen LogP contribution in [0.2, 0.25) is 0 Å². The molecule has 0 spiro atoms. The maximum atomic E-state index is 13.6. The molecule has 8 heteroatoms. The third-order valence-corrected chi connectivity index (χ3v) is 6.05. The lowest BCUT2D eigenvalue weighted by Crippen LogP contribution is -2.41. The highest BCUT2D eigenvalue weighted by atomic mass is 16.6. The first kappa shape index (κ1) is 23.8. The molecule has 1 heterocycles. The first-order chi connectivity index (χ1) is 16.6. The predicted octanol–water partition coefficient (Wildman–Crippen LogP) is 4.84. The van der Waals surface area contributed by atoms with E-state index >= 15 is 0 Å². The van der Waals surface area contributed by atoms with Gasteiger partial charge in [0.25, 0.3) is 23.4 Å². The van der Waals surface area contributed by atoms with Gasteiger partial charge in [-0.2, -0.15) is 0 Å². The summed E-state index contributed by atoms with van der Waals surface area (Å²) < 4.78 is 0. The number of nitro benzene ring substituents is 1. The summed E-state index contributed by atoms with van der Waals surface area (Å²) in [6.45, 7) is 6.13. The highest BCUT2D eigenvalue weighted by Crippen LogP contribution is 2.28. The summed E-state index contributed by atoms with van der Waals surface area (Å²) in [5.74, 6) is -1.43. The molecule has 0 bridgehead atoms. The van der Waals surface area contributed by atoms with E-state index in [2.05, 4.69) is 20.8 Å². The van der Waals surface area contributed by atoms with Gasteiger partial charge < -0.3 is 4.90 Å². The number of nitro groups is 1. The summed E-state index contributed by atoms with van der Waals surface area (Å²) in [7, 11) is 0. The number of para-hydroxylation sites is 1. The first-order valence-corrected chi connectivity index (χ1v) is 11.2. The Labute approximate surface area is 202 Å².